The first-order valence-corrected chi connectivity index (χ1v) is 4.99. The largest absolute Gasteiger partial charge is 0.328 e. The van der Waals surface area contributed by atoms with Gasteiger partial charge in [0.1, 0.15) is 6.33 Å². The summed E-state index contributed by atoms with van der Waals surface area (Å²) in [6.45, 7) is 6.39. The van der Waals surface area contributed by atoms with Crippen molar-refractivity contribution in [3.05, 3.63) is 12.2 Å². The Labute approximate surface area is 88.1 Å². The molecule has 6 nitrogen and oxygen atoms in total. The first-order chi connectivity index (χ1) is 7.11. The molecule has 6 heteroatoms. The minimum absolute atomic E-state index is 0.0843. The number of nitrogens with one attached hydrogen (secondary N) is 2. The summed E-state index contributed by atoms with van der Waals surface area (Å²) in [5, 5.41) is 9.55. The van der Waals surface area contributed by atoms with Crippen molar-refractivity contribution in [3.63, 3.8) is 0 Å². The van der Waals surface area contributed by atoms with Gasteiger partial charge in [0.15, 0.2) is 0 Å². The fraction of sp³-hybridized carbons (Fsp3) is 0.667. The van der Waals surface area contributed by atoms with Crippen molar-refractivity contribution in [2.24, 2.45) is 0 Å². The van der Waals surface area contributed by atoms with Crippen molar-refractivity contribution in [2.45, 2.75) is 19.4 Å². The van der Waals surface area contributed by atoms with E-state index in [0.29, 0.717) is 12.4 Å². The molecular weight excluding hydrogens is 194 g/mol. The van der Waals surface area contributed by atoms with Crippen LogP contribution in [0.5, 0.6) is 0 Å². The van der Waals surface area contributed by atoms with Gasteiger partial charge in [-0.05, 0) is 13.8 Å². The van der Waals surface area contributed by atoms with Crippen LogP contribution in [0.15, 0.2) is 6.33 Å². The maximum absolute atomic E-state index is 12.0. The lowest BCUT2D eigenvalue weighted by Crippen LogP contribution is -2.60. The highest BCUT2D eigenvalue weighted by atomic mass is 16.2. The average Bonchev–Trinajstić information content (AvgIpc) is 2.69. The number of nitrogens with zero attached hydrogens (tertiary/aromatic N) is 3. The van der Waals surface area contributed by atoms with E-state index in [2.05, 4.69) is 20.5 Å². The number of aromatic nitrogens is 3. The minimum atomic E-state index is -0.178. The third-order valence-electron chi connectivity index (χ3n) is 2.66. The summed E-state index contributed by atoms with van der Waals surface area (Å²) in [6, 6.07) is 0. The van der Waals surface area contributed by atoms with Gasteiger partial charge in [0.05, 0.1) is 5.54 Å². The van der Waals surface area contributed by atoms with Crippen molar-refractivity contribution in [1.29, 1.82) is 0 Å². The van der Waals surface area contributed by atoms with Crippen LogP contribution in [0.3, 0.4) is 0 Å². The summed E-state index contributed by atoms with van der Waals surface area (Å²) in [4.78, 5) is 17.7. The second kappa shape index (κ2) is 3.62. The molecule has 0 spiro atoms. The summed E-state index contributed by atoms with van der Waals surface area (Å²) in [7, 11) is 0. The molecule has 1 amide bonds. The van der Waals surface area contributed by atoms with Crippen LogP contribution in [-0.4, -0.2) is 51.2 Å². The first kappa shape index (κ1) is 10.1. The first-order valence-electron chi connectivity index (χ1n) is 4.99. The van der Waals surface area contributed by atoms with Crippen LogP contribution in [0, 0.1) is 0 Å². The molecule has 82 valence electrons. The Hall–Kier alpha value is -1.43. The molecule has 2 heterocycles. The molecule has 0 unspecified atom stereocenters. The van der Waals surface area contributed by atoms with Gasteiger partial charge >= 0.3 is 0 Å². The number of H-pyrrole nitrogens is 1. The van der Waals surface area contributed by atoms with Crippen LogP contribution < -0.4 is 5.32 Å². The molecular formula is C9H15N5O. The zero-order chi connectivity index (χ0) is 10.9. The number of hydrogen-bond donors (Lipinski definition) is 2. The lowest BCUT2D eigenvalue weighted by atomic mass is 10.00. The van der Waals surface area contributed by atoms with E-state index in [1.54, 1.807) is 0 Å². The highest BCUT2D eigenvalue weighted by Gasteiger charge is 2.34. The molecule has 2 N–H and O–H groups in total. The maximum Gasteiger partial charge on any atom is 0.291 e. The smallest absolute Gasteiger partial charge is 0.291 e. The van der Waals surface area contributed by atoms with Crippen molar-refractivity contribution < 1.29 is 4.79 Å². The molecule has 1 aliphatic heterocycles. The van der Waals surface area contributed by atoms with Gasteiger partial charge in [0.25, 0.3) is 5.91 Å². The zero-order valence-corrected chi connectivity index (χ0v) is 8.95. The van der Waals surface area contributed by atoms with E-state index >= 15 is 0 Å². The third kappa shape index (κ3) is 1.85. The molecule has 0 atom stereocenters. The standard InChI is InChI=1S/C9H15N5O/c1-9(2)5-10-3-4-14(9)8(15)7-11-6-12-13-7/h6,10H,3-5H2,1-2H3,(H,11,12,13). The number of rotatable bonds is 1. The fourth-order valence-corrected chi connectivity index (χ4v) is 1.80. The van der Waals surface area contributed by atoms with Crippen molar-refractivity contribution >= 4 is 5.91 Å². The SMILES string of the molecule is CC1(C)CNCCN1C(=O)c1ncn[nH]1. The van der Waals surface area contributed by atoms with Crippen LogP contribution in [0.25, 0.3) is 0 Å². The molecule has 1 aliphatic rings. The summed E-state index contributed by atoms with van der Waals surface area (Å²) >= 11 is 0. The predicted octanol–water partition coefficient (Wildman–Crippen LogP) is -0.371. The van der Waals surface area contributed by atoms with E-state index in [-0.39, 0.29) is 11.4 Å². The van der Waals surface area contributed by atoms with E-state index in [0.717, 1.165) is 13.1 Å². The van der Waals surface area contributed by atoms with Crippen molar-refractivity contribution in [1.82, 2.24) is 25.4 Å². The Kier molecular flexibility index (Phi) is 2.44. The Morgan fingerprint density at radius 2 is 2.40 bits per heavy atom. The van der Waals surface area contributed by atoms with Crippen molar-refractivity contribution in [3.8, 4) is 0 Å². The molecule has 1 aromatic rings. The Bertz CT molecular complexity index is 345. The number of piperazine rings is 1. The summed E-state index contributed by atoms with van der Waals surface area (Å²) in [5.74, 6) is 0.226. The second-order valence-corrected chi connectivity index (χ2v) is 4.28. The molecule has 1 fully saturated rings. The van der Waals surface area contributed by atoms with E-state index in [4.69, 9.17) is 0 Å². The lowest BCUT2D eigenvalue weighted by molar-refractivity contribution is 0.0465. The number of carbonyl (C=O) groups excluding carboxylic acids is 1. The molecule has 2 rings (SSSR count). The zero-order valence-electron chi connectivity index (χ0n) is 8.95. The van der Waals surface area contributed by atoms with Gasteiger partial charge in [-0.15, -0.1) is 0 Å². The van der Waals surface area contributed by atoms with Gasteiger partial charge < -0.3 is 10.2 Å². The number of hydrogen-bond acceptors (Lipinski definition) is 4. The molecule has 1 saturated heterocycles. The van der Waals surface area contributed by atoms with E-state index in [9.17, 15) is 4.79 Å². The van der Waals surface area contributed by atoms with Gasteiger partial charge in [-0.2, -0.15) is 5.10 Å². The summed E-state index contributed by atoms with van der Waals surface area (Å²) in [6.07, 6.45) is 1.35. The maximum atomic E-state index is 12.0. The fourth-order valence-electron chi connectivity index (χ4n) is 1.80. The molecule has 0 radical (unpaired) electrons. The Morgan fingerprint density at radius 1 is 1.60 bits per heavy atom. The van der Waals surface area contributed by atoms with Crippen molar-refractivity contribution in [2.75, 3.05) is 19.6 Å². The molecule has 0 aliphatic carbocycles. The van der Waals surface area contributed by atoms with Gasteiger partial charge in [-0.25, -0.2) is 4.98 Å². The van der Waals surface area contributed by atoms with Gasteiger partial charge in [0, 0.05) is 19.6 Å². The minimum Gasteiger partial charge on any atom is -0.328 e. The number of aromatic amines is 1. The van der Waals surface area contributed by atoms with E-state index in [1.807, 2.05) is 18.7 Å². The monoisotopic (exact) mass is 209 g/mol. The molecule has 0 aromatic carbocycles. The lowest BCUT2D eigenvalue weighted by Gasteiger charge is -2.42. The Morgan fingerprint density at radius 3 is 3.00 bits per heavy atom. The number of amides is 1. The quantitative estimate of drug-likeness (QED) is 0.661. The average molecular weight is 209 g/mol. The molecule has 1 aromatic heterocycles. The van der Waals surface area contributed by atoms with E-state index < -0.39 is 0 Å². The van der Waals surface area contributed by atoms with Crippen LogP contribution in [0.4, 0.5) is 0 Å². The van der Waals surface area contributed by atoms with E-state index in [1.165, 1.54) is 6.33 Å². The highest BCUT2D eigenvalue weighted by molar-refractivity contribution is 5.91. The highest BCUT2D eigenvalue weighted by Crippen LogP contribution is 2.17. The predicted molar refractivity (Wildman–Crippen MR) is 54.4 cm³/mol. The topological polar surface area (TPSA) is 73.9 Å². The molecule has 0 bridgehead atoms. The van der Waals surface area contributed by atoms with Gasteiger partial charge in [-0.3, -0.25) is 9.89 Å². The van der Waals surface area contributed by atoms with Crippen LogP contribution in [0.2, 0.25) is 0 Å². The third-order valence-corrected chi connectivity index (χ3v) is 2.66. The van der Waals surface area contributed by atoms with Crippen LogP contribution >= 0.6 is 0 Å². The van der Waals surface area contributed by atoms with Crippen LogP contribution in [0.1, 0.15) is 24.5 Å². The van der Waals surface area contributed by atoms with Gasteiger partial charge in [-0.1, -0.05) is 0 Å². The molecule has 15 heavy (non-hydrogen) atoms. The number of carbonyl (C=O) groups is 1. The molecule has 0 saturated carbocycles. The second-order valence-electron chi connectivity index (χ2n) is 4.28. The van der Waals surface area contributed by atoms with Crippen LogP contribution in [-0.2, 0) is 0 Å². The summed E-state index contributed by atoms with van der Waals surface area (Å²) < 4.78 is 0. The Balaban J connectivity index is 2.19. The van der Waals surface area contributed by atoms with Gasteiger partial charge in [0.2, 0.25) is 5.82 Å². The normalized spacial score (nSPS) is 20.3. The summed E-state index contributed by atoms with van der Waals surface area (Å²) in [5.41, 5.74) is -0.178.